The lowest BCUT2D eigenvalue weighted by Gasteiger charge is -2.39. The molecule has 0 spiro atoms. The standard InChI is InChI=1S/C28H47N5O6/c1-16(2)23(27(36)32(7)24(17(3)4)21(38-9)14-22(30)34)31-26(35)25(18(5)6)33(8)28(37)39-15-19-10-12-20(29)13-11-19/h10-13,16-18,21,23-25H,14-15,29H2,1-9H3,(H2,30,34)(H,31,35)/t21-,23+,24+,25+/m1/s1. The summed E-state index contributed by atoms with van der Waals surface area (Å²) in [5.41, 5.74) is 12.5. The molecule has 1 aromatic carbocycles. The number of rotatable bonds is 14. The zero-order valence-corrected chi connectivity index (χ0v) is 24.8. The van der Waals surface area contributed by atoms with Crippen LogP contribution in [0.2, 0.25) is 0 Å². The molecule has 0 unspecified atom stereocenters. The van der Waals surface area contributed by atoms with E-state index in [1.807, 2.05) is 41.5 Å². The maximum atomic E-state index is 13.7. The lowest BCUT2D eigenvalue weighted by atomic mass is 9.92. The molecule has 1 rings (SSSR count). The van der Waals surface area contributed by atoms with Crippen LogP contribution in [0.1, 0.15) is 53.5 Å². The van der Waals surface area contributed by atoms with Gasteiger partial charge in [0.05, 0.1) is 18.6 Å². The van der Waals surface area contributed by atoms with Crippen molar-refractivity contribution in [1.82, 2.24) is 15.1 Å². The summed E-state index contributed by atoms with van der Waals surface area (Å²) in [7, 11) is 4.59. The number of nitrogens with zero attached hydrogens (tertiary/aromatic N) is 2. The fourth-order valence-corrected chi connectivity index (χ4v) is 4.69. The molecular formula is C28H47N5O6. The molecular weight excluding hydrogens is 502 g/mol. The van der Waals surface area contributed by atoms with Gasteiger partial charge in [0.1, 0.15) is 18.7 Å². The highest BCUT2D eigenvalue weighted by atomic mass is 16.6. The summed E-state index contributed by atoms with van der Waals surface area (Å²) in [4.78, 5) is 54.4. The van der Waals surface area contributed by atoms with Gasteiger partial charge in [0.25, 0.3) is 0 Å². The molecule has 39 heavy (non-hydrogen) atoms. The summed E-state index contributed by atoms with van der Waals surface area (Å²) in [6, 6.07) is 4.72. The van der Waals surface area contributed by atoms with Gasteiger partial charge < -0.3 is 31.2 Å². The first-order valence-electron chi connectivity index (χ1n) is 13.2. The highest BCUT2D eigenvalue weighted by molar-refractivity contribution is 5.91. The summed E-state index contributed by atoms with van der Waals surface area (Å²) in [6.45, 7) is 11.1. The third kappa shape index (κ3) is 9.72. The molecule has 220 valence electrons. The maximum Gasteiger partial charge on any atom is 0.410 e. The number of anilines is 1. The van der Waals surface area contributed by atoms with Gasteiger partial charge in [0.15, 0.2) is 0 Å². The van der Waals surface area contributed by atoms with E-state index in [-0.39, 0.29) is 36.7 Å². The molecule has 0 fully saturated rings. The van der Waals surface area contributed by atoms with Crippen LogP contribution in [0.15, 0.2) is 24.3 Å². The van der Waals surface area contributed by atoms with Crippen LogP contribution < -0.4 is 16.8 Å². The number of nitrogens with two attached hydrogens (primary N) is 2. The third-order valence-corrected chi connectivity index (χ3v) is 6.74. The quantitative estimate of drug-likeness (QED) is 0.301. The first-order valence-corrected chi connectivity index (χ1v) is 13.2. The second-order valence-corrected chi connectivity index (χ2v) is 11.0. The van der Waals surface area contributed by atoms with Crippen molar-refractivity contribution in [2.75, 3.05) is 26.9 Å². The number of nitrogens with one attached hydrogen (secondary N) is 1. The Balaban J connectivity index is 3.08. The minimum Gasteiger partial charge on any atom is -0.445 e. The number of ether oxygens (including phenoxy) is 2. The predicted octanol–water partition coefficient (Wildman–Crippen LogP) is 2.38. The number of carbonyl (C=O) groups excluding carboxylic acids is 4. The van der Waals surface area contributed by atoms with Crippen LogP contribution >= 0.6 is 0 Å². The molecule has 0 aliphatic rings. The van der Waals surface area contributed by atoms with Crippen molar-refractivity contribution in [3.8, 4) is 0 Å². The number of hydrogen-bond acceptors (Lipinski definition) is 7. The van der Waals surface area contributed by atoms with Gasteiger partial charge in [-0.05, 0) is 35.4 Å². The lowest BCUT2D eigenvalue weighted by Crippen LogP contribution is -2.60. The largest absolute Gasteiger partial charge is 0.445 e. The third-order valence-electron chi connectivity index (χ3n) is 6.74. The summed E-state index contributed by atoms with van der Waals surface area (Å²) >= 11 is 0. The highest BCUT2D eigenvalue weighted by Gasteiger charge is 2.38. The van der Waals surface area contributed by atoms with Gasteiger partial charge in [-0.15, -0.1) is 0 Å². The van der Waals surface area contributed by atoms with Crippen LogP contribution in [0.4, 0.5) is 10.5 Å². The van der Waals surface area contributed by atoms with Gasteiger partial charge in [-0.1, -0.05) is 53.7 Å². The fourth-order valence-electron chi connectivity index (χ4n) is 4.69. The number of nitrogen functional groups attached to an aromatic ring is 1. The number of methoxy groups -OCH3 is 1. The van der Waals surface area contributed by atoms with Crippen molar-refractivity contribution in [3.63, 3.8) is 0 Å². The monoisotopic (exact) mass is 549 g/mol. The zero-order chi connectivity index (χ0) is 30.0. The van der Waals surface area contributed by atoms with Crippen LogP contribution in [-0.4, -0.2) is 79.0 Å². The molecule has 11 nitrogen and oxygen atoms in total. The van der Waals surface area contributed by atoms with E-state index < -0.39 is 42.1 Å². The van der Waals surface area contributed by atoms with Gasteiger partial charge in [-0.25, -0.2) is 4.79 Å². The molecule has 0 saturated carbocycles. The summed E-state index contributed by atoms with van der Waals surface area (Å²) in [5.74, 6) is -1.93. The molecule has 0 aliphatic carbocycles. The average molecular weight is 550 g/mol. The molecule has 0 aliphatic heterocycles. The van der Waals surface area contributed by atoms with Crippen LogP contribution in [-0.2, 0) is 30.5 Å². The van der Waals surface area contributed by atoms with E-state index in [0.717, 1.165) is 5.56 Å². The van der Waals surface area contributed by atoms with E-state index in [1.165, 1.54) is 24.0 Å². The van der Waals surface area contributed by atoms with Gasteiger partial charge in [-0.2, -0.15) is 0 Å². The Hall–Kier alpha value is -3.34. The SMILES string of the molecule is CO[C@H](CC(N)=O)[C@H](C(C)C)N(C)C(=O)[C@@H](NC(=O)[C@H](C(C)C)N(C)C(=O)OCc1ccc(N)cc1)C(C)C. The Morgan fingerprint density at radius 3 is 1.90 bits per heavy atom. The molecule has 1 aromatic rings. The predicted molar refractivity (Wildman–Crippen MR) is 150 cm³/mol. The zero-order valence-electron chi connectivity index (χ0n) is 24.8. The smallest absolute Gasteiger partial charge is 0.410 e. The first kappa shape index (κ1) is 33.7. The van der Waals surface area contributed by atoms with Gasteiger partial charge >= 0.3 is 6.09 Å². The van der Waals surface area contributed by atoms with Crippen LogP contribution in [0.3, 0.4) is 0 Å². The molecule has 11 heteroatoms. The van der Waals surface area contributed by atoms with E-state index in [4.69, 9.17) is 20.9 Å². The van der Waals surface area contributed by atoms with E-state index >= 15 is 0 Å². The van der Waals surface area contributed by atoms with Crippen molar-refractivity contribution in [2.45, 2.75) is 78.8 Å². The molecule has 0 bridgehead atoms. The normalized spacial score (nSPS) is 14.5. The van der Waals surface area contributed by atoms with E-state index in [2.05, 4.69) is 5.32 Å². The molecule has 5 N–H and O–H groups in total. The number of amides is 4. The van der Waals surface area contributed by atoms with E-state index in [1.54, 1.807) is 31.3 Å². The summed E-state index contributed by atoms with van der Waals surface area (Å²) < 4.78 is 10.9. The van der Waals surface area contributed by atoms with Gasteiger partial charge in [0, 0.05) is 26.9 Å². The topological polar surface area (TPSA) is 157 Å². The van der Waals surface area contributed by atoms with E-state index in [0.29, 0.717) is 5.69 Å². The first-order chi connectivity index (χ1) is 18.1. The van der Waals surface area contributed by atoms with Crippen LogP contribution in [0.5, 0.6) is 0 Å². The number of hydrogen-bond donors (Lipinski definition) is 3. The van der Waals surface area contributed by atoms with Crippen molar-refractivity contribution in [3.05, 3.63) is 29.8 Å². The second kappa shape index (κ2) is 15.3. The molecule has 4 atom stereocenters. The van der Waals surface area contributed by atoms with Crippen LogP contribution in [0.25, 0.3) is 0 Å². The Bertz CT molecular complexity index is 966. The lowest BCUT2D eigenvalue weighted by molar-refractivity contribution is -0.144. The minimum atomic E-state index is -0.884. The van der Waals surface area contributed by atoms with Crippen molar-refractivity contribution < 1.29 is 28.7 Å². The number of primary amides is 1. The Kier molecular flexibility index (Phi) is 13.2. The molecule has 0 aromatic heterocycles. The second-order valence-electron chi connectivity index (χ2n) is 11.0. The molecule has 4 amide bonds. The number of likely N-dealkylation sites (N-methyl/N-ethyl adjacent to an activating group) is 2. The minimum absolute atomic E-state index is 0.0242. The number of benzene rings is 1. The Morgan fingerprint density at radius 2 is 1.46 bits per heavy atom. The summed E-state index contributed by atoms with van der Waals surface area (Å²) in [5, 5.41) is 2.86. The van der Waals surface area contributed by atoms with Crippen molar-refractivity contribution in [2.24, 2.45) is 23.5 Å². The Morgan fingerprint density at radius 1 is 0.897 bits per heavy atom. The molecule has 0 radical (unpaired) electrons. The van der Waals surface area contributed by atoms with Gasteiger partial charge in [-0.3, -0.25) is 19.3 Å². The average Bonchev–Trinajstić information content (AvgIpc) is 2.84. The fraction of sp³-hybridized carbons (Fsp3) is 0.643. The van der Waals surface area contributed by atoms with E-state index in [9.17, 15) is 19.2 Å². The van der Waals surface area contributed by atoms with Crippen molar-refractivity contribution >= 4 is 29.5 Å². The van der Waals surface area contributed by atoms with Crippen LogP contribution in [0, 0.1) is 17.8 Å². The summed E-state index contributed by atoms with van der Waals surface area (Å²) in [6.07, 6.45) is -1.32. The molecule has 0 saturated heterocycles. The molecule has 0 heterocycles. The van der Waals surface area contributed by atoms with Crippen molar-refractivity contribution in [1.29, 1.82) is 0 Å². The van der Waals surface area contributed by atoms with Gasteiger partial charge in [0.2, 0.25) is 17.7 Å². The highest BCUT2D eigenvalue weighted by Crippen LogP contribution is 2.21. The number of carbonyl (C=O) groups is 4. The maximum absolute atomic E-state index is 13.7. The Labute approximate surface area is 232 Å².